The topological polar surface area (TPSA) is 84.5 Å². The summed E-state index contributed by atoms with van der Waals surface area (Å²) >= 11 is 0. The van der Waals surface area contributed by atoms with Crippen LogP contribution in [0.3, 0.4) is 0 Å². The van der Waals surface area contributed by atoms with Crippen molar-refractivity contribution in [1.82, 2.24) is 19.2 Å². The second kappa shape index (κ2) is 7.22. The Balaban J connectivity index is 1.55. The van der Waals surface area contributed by atoms with Crippen LogP contribution in [0.25, 0.3) is 5.78 Å². The van der Waals surface area contributed by atoms with Crippen LogP contribution in [0.2, 0.25) is 0 Å². The Morgan fingerprint density at radius 3 is 2.74 bits per heavy atom. The molecule has 8 nitrogen and oxygen atoms in total. The van der Waals surface area contributed by atoms with Crippen LogP contribution in [0.1, 0.15) is 25.3 Å². The van der Waals surface area contributed by atoms with E-state index >= 15 is 0 Å². The molecule has 0 bridgehead atoms. The number of fused-ring (bicyclic) bond motifs is 1. The van der Waals surface area contributed by atoms with Crippen LogP contribution >= 0.6 is 0 Å². The molecule has 1 aromatic carbocycles. The van der Waals surface area contributed by atoms with E-state index in [0.29, 0.717) is 5.78 Å². The van der Waals surface area contributed by atoms with E-state index < -0.39 is 0 Å². The molecule has 0 radical (unpaired) electrons. The second-order valence-corrected chi connectivity index (χ2v) is 6.65. The zero-order valence-electron chi connectivity index (χ0n) is 15.3. The molecular formula is C19H22N6O2. The highest BCUT2D eigenvalue weighted by atomic mass is 16.2. The fourth-order valence-electron chi connectivity index (χ4n) is 3.40. The van der Waals surface area contributed by atoms with E-state index in [1.807, 2.05) is 37.3 Å². The molecule has 0 aliphatic carbocycles. The minimum Gasteiger partial charge on any atom is -0.356 e. The average molecular weight is 366 g/mol. The largest absolute Gasteiger partial charge is 0.356 e. The lowest BCUT2D eigenvalue weighted by Gasteiger charge is -2.15. The number of anilines is 2. The van der Waals surface area contributed by atoms with Gasteiger partial charge in [-0.15, -0.1) is 5.10 Å². The van der Waals surface area contributed by atoms with Gasteiger partial charge in [0.05, 0.1) is 0 Å². The van der Waals surface area contributed by atoms with Gasteiger partial charge in [-0.25, -0.2) is 13.9 Å². The summed E-state index contributed by atoms with van der Waals surface area (Å²) in [6.07, 6.45) is 4.78. The summed E-state index contributed by atoms with van der Waals surface area (Å²) < 4.78 is 2.52. The molecule has 8 heteroatoms. The Morgan fingerprint density at radius 1 is 1.19 bits per heavy atom. The number of carbonyl (C=O) groups is 1. The minimum absolute atomic E-state index is 0.153. The molecule has 1 saturated heterocycles. The summed E-state index contributed by atoms with van der Waals surface area (Å²) in [4.78, 5) is 31.6. The van der Waals surface area contributed by atoms with E-state index in [4.69, 9.17) is 0 Å². The van der Waals surface area contributed by atoms with Gasteiger partial charge in [-0.3, -0.25) is 4.79 Å². The first kappa shape index (κ1) is 17.3. The van der Waals surface area contributed by atoms with Crippen LogP contribution in [0, 0.1) is 0 Å². The Morgan fingerprint density at radius 2 is 1.96 bits per heavy atom. The van der Waals surface area contributed by atoms with Crippen molar-refractivity contribution < 1.29 is 4.79 Å². The van der Waals surface area contributed by atoms with Gasteiger partial charge >= 0.3 is 5.69 Å². The lowest BCUT2D eigenvalue weighted by atomic mass is 10.1. The Labute approximate surface area is 156 Å². The van der Waals surface area contributed by atoms with E-state index in [2.05, 4.69) is 20.3 Å². The average Bonchev–Trinajstić information content (AvgIpc) is 3.31. The molecule has 3 heterocycles. The maximum Gasteiger partial charge on any atom is 0.352 e. The molecule has 1 N–H and O–H groups in total. The van der Waals surface area contributed by atoms with Crippen molar-refractivity contribution in [2.75, 3.05) is 23.3 Å². The van der Waals surface area contributed by atoms with Gasteiger partial charge < -0.3 is 10.2 Å². The van der Waals surface area contributed by atoms with Crippen LogP contribution in [-0.2, 0) is 17.8 Å². The standard InChI is InChI=1S/C19H22N6O2/c1-2-14-7-3-4-8-15(14)20-17(26)13-25-19(27)24-12-9-16(21-18(24)22-25)23-10-5-6-11-23/h3-4,7-9,12H,2,5-6,10-11,13H2,1H3,(H,20,26). The molecule has 0 saturated carbocycles. The van der Waals surface area contributed by atoms with Gasteiger partial charge in [-0.1, -0.05) is 25.1 Å². The molecule has 1 aliphatic rings. The van der Waals surface area contributed by atoms with Crippen molar-refractivity contribution in [2.24, 2.45) is 0 Å². The van der Waals surface area contributed by atoms with Crippen LogP contribution < -0.4 is 15.9 Å². The number of aromatic nitrogens is 4. The number of nitrogens with zero attached hydrogens (tertiary/aromatic N) is 5. The van der Waals surface area contributed by atoms with Crippen molar-refractivity contribution in [3.05, 3.63) is 52.6 Å². The fourth-order valence-corrected chi connectivity index (χ4v) is 3.40. The van der Waals surface area contributed by atoms with Gasteiger partial charge in [0.15, 0.2) is 0 Å². The SMILES string of the molecule is CCc1ccccc1NC(=O)Cn1nc2nc(N3CCCC3)ccn2c1=O. The van der Waals surface area contributed by atoms with E-state index in [1.54, 1.807) is 6.20 Å². The van der Waals surface area contributed by atoms with Crippen molar-refractivity contribution >= 4 is 23.2 Å². The van der Waals surface area contributed by atoms with Gasteiger partial charge in [-0.2, -0.15) is 4.98 Å². The van der Waals surface area contributed by atoms with E-state index in [0.717, 1.165) is 54.1 Å². The summed E-state index contributed by atoms with van der Waals surface area (Å²) in [5.41, 5.74) is 1.44. The van der Waals surface area contributed by atoms with Gasteiger partial charge in [-0.05, 0) is 37.0 Å². The number of rotatable bonds is 5. The van der Waals surface area contributed by atoms with Crippen LogP contribution in [0.4, 0.5) is 11.5 Å². The summed E-state index contributed by atoms with van der Waals surface area (Å²) in [5, 5.41) is 7.10. The Hall–Kier alpha value is -3.16. The second-order valence-electron chi connectivity index (χ2n) is 6.65. The molecule has 4 rings (SSSR count). The minimum atomic E-state index is -0.371. The lowest BCUT2D eigenvalue weighted by molar-refractivity contribution is -0.117. The number of hydrogen-bond donors (Lipinski definition) is 1. The zero-order chi connectivity index (χ0) is 18.8. The fraction of sp³-hybridized carbons (Fsp3) is 0.368. The zero-order valence-corrected chi connectivity index (χ0v) is 15.3. The molecule has 1 fully saturated rings. The summed E-state index contributed by atoms with van der Waals surface area (Å²) in [7, 11) is 0. The third kappa shape index (κ3) is 3.42. The molecule has 140 valence electrons. The van der Waals surface area contributed by atoms with Crippen molar-refractivity contribution in [2.45, 2.75) is 32.7 Å². The maximum absolute atomic E-state index is 12.5. The van der Waals surface area contributed by atoms with Gasteiger partial charge in [0.2, 0.25) is 5.91 Å². The summed E-state index contributed by atoms with van der Waals surface area (Å²) in [6.45, 7) is 3.81. The predicted molar refractivity (Wildman–Crippen MR) is 103 cm³/mol. The number of aryl methyl sites for hydroxylation is 1. The molecule has 0 spiro atoms. The van der Waals surface area contributed by atoms with Gasteiger partial charge in [0.25, 0.3) is 5.78 Å². The Bertz CT molecular complexity index is 1030. The third-order valence-electron chi connectivity index (χ3n) is 4.84. The number of amides is 1. The highest BCUT2D eigenvalue weighted by molar-refractivity contribution is 5.91. The van der Waals surface area contributed by atoms with Crippen molar-refractivity contribution in [3.63, 3.8) is 0 Å². The summed E-state index contributed by atoms with van der Waals surface area (Å²) in [6, 6.07) is 9.45. The number of nitrogens with one attached hydrogen (secondary N) is 1. The first-order chi connectivity index (χ1) is 13.2. The molecule has 0 atom stereocenters. The van der Waals surface area contributed by atoms with Gasteiger partial charge in [0.1, 0.15) is 12.4 Å². The van der Waals surface area contributed by atoms with Crippen LogP contribution in [-0.4, -0.2) is 38.2 Å². The van der Waals surface area contributed by atoms with Crippen molar-refractivity contribution in [3.8, 4) is 0 Å². The summed E-state index contributed by atoms with van der Waals surface area (Å²) in [5.74, 6) is 0.839. The lowest BCUT2D eigenvalue weighted by Crippen LogP contribution is -2.28. The molecule has 3 aromatic rings. The van der Waals surface area contributed by atoms with Crippen LogP contribution in [0.15, 0.2) is 41.3 Å². The third-order valence-corrected chi connectivity index (χ3v) is 4.84. The van der Waals surface area contributed by atoms with Crippen molar-refractivity contribution in [1.29, 1.82) is 0 Å². The highest BCUT2D eigenvalue weighted by Crippen LogP contribution is 2.17. The van der Waals surface area contributed by atoms with Crippen LogP contribution in [0.5, 0.6) is 0 Å². The molecule has 27 heavy (non-hydrogen) atoms. The highest BCUT2D eigenvalue weighted by Gasteiger charge is 2.17. The predicted octanol–water partition coefficient (Wildman–Crippen LogP) is 1.69. The number of hydrogen-bond acceptors (Lipinski definition) is 5. The first-order valence-electron chi connectivity index (χ1n) is 9.24. The molecule has 2 aromatic heterocycles. The molecule has 1 aliphatic heterocycles. The maximum atomic E-state index is 12.5. The normalized spacial score (nSPS) is 14.0. The number of carbonyl (C=O) groups excluding carboxylic acids is 1. The Kier molecular flexibility index (Phi) is 4.62. The number of benzene rings is 1. The number of para-hydroxylation sites is 1. The molecule has 1 amide bonds. The quantitative estimate of drug-likeness (QED) is 0.743. The van der Waals surface area contributed by atoms with E-state index in [1.165, 1.54) is 4.40 Å². The first-order valence-corrected chi connectivity index (χ1v) is 9.24. The van der Waals surface area contributed by atoms with E-state index in [9.17, 15) is 9.59 Å². The molecule has 0 unspecified atom stereocenters. The smallest absolute Gasteiger partial charge is 0.352 e. The van der Waals surface area contributed by atoms with Gasteiger partial charge in [0, 0.05) is 25.0 Å². The van der Waals surface area contributed by atoms with E-state index in [-0.39, 0.29) is 18.1 Å². The molecular weight excluding hydrogens is 344 g/mol. The monoisotopic (exact) mass is 366 g/mol.